The minimum absolute atomic E-state index is 0.368. The summed E-state index contributed by atoms with van der Waals surface area (Å²) in [6.07, 6.45) is 2.00. The number of hydrogen-bond acceptors (Lipinski definition) is 3. The Bertz CT molecular complexity index is 464. The highest BCUT2D eigenvalue weighted by Gasteiger charge is 2.12. The van der Waals surface area contributed by atoms with Crippen molar-refractivity contribution in [1.29, 1.82) is 0 Å². The van der Waals surface area contributed by atoms with Crippen LogP contribution in [0.25, 0.3) is 0 Å². The van der Waals surface area contributed by atoms with E-state index in [1.165, 1.54) is 16.3 Å². The molecule has 2 rings (SSSR count). The van der Waals surface area contributed by atoms with Crippen molar-refractivity contribution < 1.29 is 0 Å². The predicted molar refractivity (Wildman–Crippen MR) is 78.1 cm³/mol. The fourth-order valence-corrected chi connectivity index (χ4v) is 2.94. The molecule has 0 radical (unpaired) electrons. The second-order valence-corrected chi connectivity index (χ2v) is 5.25. The molecular formula is C15H20N2S. The monoisotopic (exact) mass is 260 g/mol. The van der Waals surface area contributed by atoms with Gasteiger partial charge in [0, 0.05) is 17.8 Å². The summed E-state index contributed by atoms with van der Waals surface area (Å²) in [5.74, 6) is 0. The molecular weight excluding hydrogens is 240 g/mol. The number of nitrogens with one attached hydrogen (secondary N) is 1. The molecule has 0 saturated heterocycles. The van der Waals surface area contributed by atoms with Crippen LogP contribution in [-0.4, -0.2) is 11.5 Å². The Hall–Kier alpha value is -1.19. The lowest BCUT2D eigenvalue weighted by Crippen LogP contribution is -2.22. The van der Waals surface area contributed by atoms with Gasteiger partial charge in [-0.15, -0.1) is 11.3 Å². The van der Waals surface area contributed by atoms with Crippen molar-refractivity contribution in [1.82, 2.24) is 10.3 Å². The van der Waals surface area contributed by atoms with Gasteiger partial charge in [0.15, 0.2) is 0 Å². The number of aryl methyl sites for hydroxylation is 1. The molecule has 0 saturated carbocycles. The Morgan fingerprint density at radius 3 is 2.61 bits per heavy atom. The molecule has 0 aliphatic heterocycles. The van der Waals surface area contributed by atoms with Crippen LogP contribution in [0.5, 0.6) is 0 Å². The maximum atomic E-state index is 4.65. The number of rotatable bonds is 6. The standard InChI is InChI=1S/C15H20N2S/c1-3-13-11-18-15(17-13)10-14(16-4-2)12-8-6-5-7-9-12/h5-9,11,14,16H,3-4,10H2,1-2H3. The zero-order valence-corrected chi connectivity index (χ0v) is 11.8. The topological polar surface area (TPSA) is 24.9 Å². The van der Waals surface area contributed by atoms with Crippen molar-refractivity contribution in [2.24, 2.45) is 0 Å². The average Bonchev–Trinajstić information content (AvgIpc) is 2.87. The predicted octanol–water partition coefficient (Wildman–Crippen LogP) is 3.60. The minimum atomic E-state index is 0.368. The van der Waals surface area contributed by atoms with Crippen molar-refractivity contribution in [3.63, 3.8) is 0 Å². The first-order chi connectivity index (χ1) is 8.83. The van der Waals surface area contributed by atoms with E-state index in [2.05, 4.69) is 59.9 Å². The van der Waals surface area contributed by atoms with Crippen LogP contribution in [0.3, 0.4) is 0 Å². The van der Waals surface area contributed by atoms with Gasteiger partial charge in [-0.1, -0.05) is 44.2 Å². The summed E-state index contributed by atoms with van der Waals surface area (Å²) < 4.78 is 0. The lowest BCUT2D eigenvalue weighted by molar-refractivity contribution is 0.548. The Morgan fingerprint density at radius 1 is 1.22 bits per heavy atom. The summed E-state index contributed by atoms with van der Waals surface area (Å²) in [6, 6.07) is 11.0. The summed E-state index contributed by atoms with van der Waals surface area (Å²) >= 11 is 1.77. The van der Waals surface area contributed by atoms with Crippen molar-refractivity contribution in [3.8, 4) is 0 Å². The smallest absolute Gasteiger partial charge is 0.0947 e. The first kappa shape index (κ1) is 13.2. The van der Waals surface area contributed by atoms with Gasteiger partial charge in [-0.2, -0.15) is 0 Å². The van der Waals surface area contributed by atoms with Crippen LogP contribution in [0, 0.1) is 0 Å². The third-order valence-electron chi connectivity index (χ3n) is 2.99. The number of thiazole rings is 1. The Labute approximate surface area is 113 Å². The lowest BCUT2D eigenvalue weighted by atomic mass is 10.0. The van der Waals surface area contributed by atoms with Crippen molar-refractivity contribution in [3.05, 3.63) is 52.0 Å². The first-order valence-corrected chi connectivity index (χ1v) is 7.43. The number of benzene rings is 1. The highest BCUT2D eigenvalue weighted by atomic mass is 32.1. The Balaban J connectivity index is 2.11. The molecule has 3 heteroatoms. The maximum absolute atomic E-state index is 4.65. The summed E-state index contributed by atoms with van der Waals surface area (Å²) in [5, 5.41) is 6.94. The van der Waals surface area contributed by atoms with Crippen molar-refractivity contribution in [2.45, 2.75) is 32.7 Å². The molecule has 1 atom stereocenters. The van der Waals surface area contributed by atoms with E-state index in [4.69, 9.17) is 0 Å². The lowest BCUT2D eigenvalue weighted by Gasteiger charge is -2.17. The third-order valence-corrected chi connectivity index (χ3v) is 3.91. The van der Waals surface area contributed by atoms with E-state index in [1.807, 2.05) is 0 Å². The third kappa shape index (κ3) is 3.40. The molecule has 1 unspecified atom stereocenters. The molecule has 1 N–H and O–H groups in total. The second kappa shape index (κ2) is 6.66. The van der Waals surface area contributed by atoms with E-state index in [-0.39, 0.29) is 0 Å². The highest BCUT2D eigenvalue weighted by Crippen LogP contribution is 2.20. The van der Waals surface area contributed by atoms with Gasteiger partial charge in [0.05, 0.1) is 10.7 Å². The molecule has 0 aliphatic rings. The van der Waals surface area contributed by atoms with Gasteiger partial charge >= 0.3 is 0 Å². The molecule has 96 valence electrons. The van der Waals surface area contributed by atoms with Gasteiger partial charge in [-0.3, -0.25) is 0 Å². The molecule has 0 spiro atoms. The van der Waals surface area contributed by atoms with E-state index in [0.717, 1.165) is 19.4 Å². The van der Waals surface area contributed by atoms with Crippen LogP contribution >= 0.6 is 11.3 Å². The molecule has 18 heavy (non-hydrogen) atoms. The van der Waals surface area contributed by atoms with Crippen LogP contribution in [0.15, 0.2) is 35.7 Å². The molecule has 1 aromatic heterocycles. The number of aromatic nitrogens is 1. The number of likely N-dealkylation sites (N-methyl/N-ethyl adjacent to an activating group) is 1. The van der Waals surface area contributed by atoms with E-state index in [9.17, 15) is 0 Å². The largest absolute Gasteiger partial charge is 0.310 e. The molecule has 0 aliphatic carbocycles. The molecule has 2 aromatic rings. The SMILES string of the molecule is CCNC(Cc1nc(CC)cs1)c1ccccc1. The minimum Gasteiger partial charge on any atom is -0.310 e. The van der Waals surface area contributed by atoms with Crippen LogP contribution in [0.4, 0.5) is 0 Å². The van der Waals surface area contributed by atoms with E-state index in [0.29, 0.717) is 6.04 Å². The van der Waals surface area contributed by atoms with Crippen LogP contribution in [-0.2, 0) is 12.8 Å². The van der Waals surface area contributed by atoms with Gasteiger partial charge in [0.1, 0.15) is 0 Å². The number of nitrogens with zero attached hydrogens (tertiary/aromatic N) is 1. The molecule has 1 aromatic carbocycles. The average molecular weight is 260 g/mol. The first-order valence-electron chi connectivity index (χ1n) is 6.55. The Morgan fingerprint density at radius 2 is 2.00 bits per heavy atom. The summed E-state index contributed by atoms with van der Waals surface area (Å²) in [4.78, 5) is 4.65. The summed E-state index contributed by atoms with van der Waals surface area (Å²) in [5.41, 5.74) is 2.55. The second-order valence-electron chi connectivity index (χ2n) is 4.31. The van der Waals surface area contributed by atoms with Crippen molar-refractivity contribution >= 4 is 11.3 Å². The molecule has 0 fully saturated rings. The molecule has 0 amide bonds. The molecule has 1 heterocycles. The maximum Gasteiger partial charge on any atom is 0.0947 e. The number of hydrogen-bond donors (Lipinski definition) is 1. The fourth-order valence-electron chi connectivity index (χ4n) is 2.02. The zero-order chi connectivity index (χ0) is 12.8. The summed E-state index contributed by atoms with van der Waals surface area (Å²) in [6.45, 7) is 5.28. The van der Waals surface area contributed by atoms with Crippen LogP contribution in [0.2, 0.25) is 0 Å². The van der Waals surface area contributed by atoms with Gasteiger partial charge < -0.3 is 5.32 Å². The zero-order valence-electron chi connectivity index (χ0n) is 11.0. The van der Waals surface area contributed by atoms with E-state index >= 15 is 0 Å². The Kier molecular flexibility index (Phi) is 4.90. The summed E-state index contributed by atoms with van der Waals surface area (Å²) in [7, 11) is 0. The van der Waals surface area contributed by atoms with Gasteiger partial charge in [-0.25, -0.2) is 4.98 Å². The molecule has 0 bridgehead atoms. The van der Waals surface area contributed by atoms with E-state index < -0.39 is 0 Å². The van der Waals surface area contributed by atoms with Crippen LogP contribution < -0.4 is 5.32 Å². The highest BCUT2D eigenvalue weighted by molar-refractivity contribution is 7.09. The normalized spacial score (nSPS) is 12.6. The quantitative estimate of drug-likeness (QED) is 0.858. The van der Waals surface area contributed by atoms with Gasteiger partial charge in [0.2, 0.25) is 0 Å². The van der Waals surface area contributed by atoms with Gasteiger partial charge in [0.25, 0.3) is 0 Å². The van der Waals surface area contributed by atoms with Crippen molar-refractivity contribution in [2.75, 3.05) is 6.54 Å². The van der Waals surface area contributed by atoms with Crippen LogP contribution in [0.1, 0.15) is 36.2 Å². The van der Waals surface area contributed by atoms with Gasteiger partial charge in [-0.05, 0) is 18.5 Å². The fraction of sp³-hybridized carbons (Fsp3) is 0.400. The molecule has 2 nitrogen and oxygen atoms in total. The van der Waals surface area contributed by atoms with E-state index in [1.54, 1.807) is 11.3 Å².